The summed E-state index contributed by atoms with van der Waals surface area (Å²) < 4.78 is 5.18. The number of nitrogens with zero attached hydrogens (tertiary/aromatic N) is 4. The highest BCUT2D eigenvalue weighted by atomic mass is 16.5. The predicted molar refractivity (Wildman–Crippen MR) is 85.9 cm³/mol. The van der Waals surface area contributed by atoms with Crippen molar-refractivity contribution in [2.24, 2.45) is 5.92 Å². The highest BCUT2D eigenvalue weighted by Gasteiger charge is 2.21. The molecule has 6 nitrogen and oxygen atoms in total. The number of rotatable bonds is 7. The smallest absolute Gasteiger partial charge is 0.226 e. The number of methoxy groups -OCH3 is 1. The molecule has 0 unspecified atom stereocenters. The van der Waals surface area contributed by atoms with E-state index < -0.39 is 0 Å². The van der Waals surface area contributed by atoms with Gasteiger partial charge in [-0.3, -0.25) is 0 Å². The van der Waals surface area contributed by atoms with Gasteiger partial charge in [-0.15, -0.1) is 0 Å². The Kier molecular flexibility index (Phi) is 6.20. The first kappa shape index (κ1) is 16.0. The number of piperidine rings is 1. The van der Waals surface area contributed by atoms with Crippen molar-refractivity contribution in [3.63, 3.8) is 0 Å². The second kappa shape index (κ2) is 8.14. The molecule has 2 rings (SSSR count). The van der Waals surface area contributed by atoms with Gasteiger partial charge in [-0.1, -0.05) is 0 Å². The monoisotopic (exact) mass is 293 g/mol. The van der Waals surface area contributed by atoms with Crippen molar-refractivity contribution < 1.29 is 4.74 Å². The summed E-state index contributed by atoms with van der Waals surface area (Å²) in [6.07, 6.45) is 4.34. The first-order valence-electron chi connectivity index (χ1n) is 7.66. The van der Waals surface area contributed by atoms with Gasteiger partial charge >= 0.3 is 0 Å². The lowest BCUT2D eigenvalue weighted by molar-refractivity contribution is 0.116. The van der Waals surface area contributed by atoms with E-state index in [-0.39, 0.29) is 0 Å². The van der Waals surface area contributed by atoms with Crippen molar-refractivity contribution >= 4 is 11.8 Å². The lowest BCUT2D eigenvalue weighted by Gasteiger charge is -2.34. The lowest BCUT2D eigenvalue weighted by atomic mass is 9.97. The molecule has 0 saturated carbocycles. The van der Waals surface area contributed by atoms with E-state index in [1.54, 1.807) is 13.3 Å². The Labute approximate surface area is 127 Å². The van der Waals surface area contributed by atoms with Crippen LogP contribution in [0.2, 0.25) is 0 Å². The van der Waals surface area contributed by atoms with E-state index in [0.717, 1.165) is 38.0 Å². The SMILES string of the molecule is CNc1ccnc(N(C)C[C@H]2CCCN(CCOC)C2)n1. The summed E-state index contributed by atoms with van der Waals surface area (Å²) in [6.45, 7) is 5.17. The summed E-state index contributed by atoms with van der Waals surface area (Å²) in [6, 6.07) is 1.88. The number of anilines is 2. The Morgan fingerprint density at radius 1 is 1.52 bits per heavy atom. The Hall–Kier alpha value is -1.40. The summed E-state index contributed by atoms with van der Waals surface area (Å²) in [5.74, 6) is 2.32. The third-order valence-electron chi connectivity index (χ3n) is 3.99. The van der Waals surface area contributed by atoms with Gasteiger partial charge in [0.15, 0.2) is 0 Å². The van der Waals surface area contributed by atoms with Gasteiger partial charge in [-0.2, -0.15) is 4.98 Å². The van der Waals surface area contributed by atoms with Crippen LogP contribution in [-0.4, -0.2) is 68.9 Å². The summed E-state index contributed by atoms with van der Waals surface area (Å²) in [4.78, 5) is 13.5. The van der Waals surface area contributed by atoms with Crippen molar-refractivity contribution in [2.45, 2.75) is 12.8 Å². The van der Waals surface area contributed by atoms with E-state index in [1.165, 1.54) is 19.4 Å². The molecule has 1 aliphatic heterocycles. The maximum Gasteiger partial charge on any atom is 0.226 e. The number of likely N-dealkylation sites (tertiary alicyclic amines) is 1. The highest BCUT2D eigenvalue weighted by Crippen LogP contribution is 2.19. The molecule has 0 aliphatic carbocycles. The summed E-state index contributed by atoms with van der Waals surface area (Å²) in [5, 5.41) is 3.06. The van der Waals surface area contributed by atoms with Gasteiger partial charge in [0.1, 0.15) is 5.82 Å². The van der Waals surface area contributed by atoms with Gasteiger partial charge in [0.25, 0.3) is 0 Å². The van der Waals surface area contributed by atoms with Crippen LogP contribution in [0.1, 0.15) is 12.8 Å². The molecule has 1 fully saturated rings. The molecule has 1 aromatic rings. The van der Waals surface area contributed by atoms with E-state index in [2.05, 4.69) is 32.1 Å². The van der Waals surface area contributed by atoms with Gasteiger partial charge in [0.2, 0.25) is 5.95 Å². The van der Waals surface area contributed by atoms with Crippen molar-refractivity contribution in [3.8, 4) is 0 Å². The van der Waals surface area contributed by atoms with Crippen LogP contribution in [-0.2, 0) is 4.74 Å². The molecule has 1 aliphatic rings. The third kappa shape index (κ3) is 4.82. The van der Waals surface area contributed by atoms with Gasteiger partial charge in [-0.25, -0.2) is 4.98 Å². The number of ether oxygens (including phenoxy) is 1. The Balaban J connectivity index is 1.87. The fraction of sp³-hybridized carbons (Fsp3) is 0.733. The topological polar surface area (TPSA) is 53.5 Å². The maximum atomic E-state index is 5.18. The molecular formula is C15H27N5O. The van der Waals surface area contributed by atoms with Crippen molar-refractivity contribution in [3.05, 3.63) is 12.3 Å². The van der Waals surface area contributed by atoms with Crippen LogP contribution in [0.5, 0.6) is 0 Å². The first-order chi connectivity index (χ1) is 10.2. The zero-order valence-corrected chi connectivity index (χ0v) is 13.4. The van der Waals surface area contributed by atoms with Gasteiger partial charge in [0, 0.05) is 47.0 Å². The standard InChI is InChI=1S/C15H27N5O/c1-16-14-6-7-17-15(18-14)19(2)11-13-5-4-8-20(12-13)9-10-21-3/h6-7,13H,4-5,8-12H2,1-3H3,(H,16,17,18)/t13-/m1/s1. The largest absolute Gasteiger partial charge is 0.383 e. The molecule has 0 spiro atoms. The number of nitrogens with one attached hydrogen (secondary N) is 1. The molecule has 1 saturated heterocycles. The molecule has 6 heteroatoms. The normalized spacial score (nSPS) is 19.5. The molecule has 0 radical (unpaired) electrons. The van der Waals surface area contributed by atoms with E-state index in [4.69, 9.17) is 4.74 Å². The maximum absolute atomic E-state index is 5.18. The fourth-order valence-corrected chi connectivity index (χ4v) is 2.86. The van der Waals surface area contributed by atoms with Gasteiger partial charge in [0.05, 0.1) is 6.61 Å². The average molecular weight is 293 g/mol. The fourth-order valence-electron chi connectivity index (χ4n) is 2.86. The minimum absolute atomic E-state index is 0.669. The van der Waals surface area contributed by atoms with Crippen LogP contribution >= 0.6 is 0 Å². The Morgan fingerprint density at radius 3 is 3.14 bits per heavy atom. The molecule has 21 heavy (non-hydrogen) atoms. The molecule has 1 N–H and O–H groups in total. The van der Waals surface area contributed by atoms with Crippen molar-refractivity contribution in [2.75, 3.05) is 64.2 Å². The average Bonchev–Trinajstić information content (AvgIpc) is 2.53. The molecule has 0 bridgehead atoms. The zero-order chi connectivity index (χ0) is 15.1. The van der Waals surface area contributed by atoms with Crippen LogP contribution in [0.4, 0.5) is 11.8 Å². The first-order valence-corrected chi connectivity index (χ1v) is 7.66. The number of aromatic nitrogens is 2. The lowest BCUT2D eigenvalue weighted by Crippen LogP contribution is -2.41. The van der Waals surface area contributed by atoms with Gasteiger partial charge < -0.3 is 19.9 Å². The predicted octanol–water partition coefficient (Wildman–Crippen LogP) is 1.31. The molecule has 1 aromatic heterocycles. The van der Waals surface area contributed by atoms with Crippen LogP contribution in [0.25, 0.3) is 0 Å². The highest BCUT2D eigenvalue weighted by molar-refractivity contribution is 5.40. The molecule has 0 aromatic carbocycles. The Bertz CT molecular complexity index is 428. The number of hydrogen-bond acceptors (Lipinski definition) is 6. The summed E-state index contributed by atoms with van der Waals surface area (Å²) in [7, 11) is 5.71. The van der Waals surface area contributed by atoms with E-state index in [0.29, 0.717) is 5.92 Å². The summed E-state index contributed by atoms with van der Waals surface area (Å²) >= 11 is 0. The minimum atomic E-state index is 0.669. The van der Waals surface area contributed by atoms with Gasteiger partial charge in [-0.05, 0) is 31.4 Å². The number of hydrogen-bond donors (Lipinski definition) is 1. The minimum Gasteiger partial charge on any atom is -0.383 e. The quantitative estimate of drug-likeness (QED) is 0.818. The van der Waals surface area contributed by atoms with Crippen LogP contribution < -0.4 is 10.2 Å². The molecule has 1 atom stereocenters. The molecular weight excluding hydrogens is 266 g/mol. The zero-order valence-electron chi connectivity index (χ0n) is 13.4. The van der Waals surface area contributed by atoms with E-state index in [1.807, 2.05) is 13.1 Å². The van der Waals surface area contributed by atoms with Crippen LogP contribution in [0, 0.1) is 5.92 Å². The molecule has 2 heterocycles. The molecule has 118 valence electrons. The second-order valence-electron chi connectivity index (χ2n) is 5.67. The van der Waals surface area contributed by atoms with Crippen LogP contribution in [0.15, 0.2) is 12.3 Å². The van der Waals surface area contributed by atoms with Crippen LogP contribution in [0.3, 0.4) is 0 Å². The Morgan fingerprint density at radius 2 is 2.38 bits per heavy atom. The third-order valence-corrected chi connectivity index (χ3v) is 3.99. The summed E-state index contributed by atoms with van der Waals surface area (Å²) in [5.41, 5.74) is 0. The molecule has 0 amide bonds. The van der Waals surface area contributed by atoms with E-state index >= 15 is 0 Å². The second-order valence-corrected chi connectivity index (χ2v) is 5.67. The van der Waals surface area contributed by atoms with E-state index in [9.17, 15) is 0 Å². The van der Waals surface area contributed by atoms with Crippen molar-refractivity contribution in [1.82, 2.24) is 14.9 Å². The van der Waals surface area contributed by atoms with Crippen molar-refractivity contribution in [1.29, 1.82) is 0 Å².